The molecule has 1 aromatic carbocycles. The van der Waals surface area contributed by atoms with Crippen molar-refractivity contribution in [2.45, 2.75) is 46.1 Å². The van der Waals surface area contributed by atoms with Gasteiger partial charge in [-0.05, 0) is 44.0 Å². The van der Waals surface area contributed by atoms with Crippen LogP contribution in [0, 0.1) is 6.92 Å². The fourth-order valence-electron chi connectivity index (χ4n) is 3.36. The number of aryl methyl sites for hydroxylation is 1. The van der Waals surface area contributed by atoms with E-state index in [-0.39, 0.29) is 18.1 Å². The number of carbonyl (C=O) groups is 1. The zero-order chi connectivity index (χ0) is 17.8. The number of ether oxygens (including phenoxy) is 1. The molecule has 4 nitrogen and oxygen atoms in total. The molecular weight excluding hydrogens is 332 g/mol. The first-order chi connectivity index (χ1) is 12.0. The highest BCUT2D eigenvalue weighted by Crippen LogP contribution is 2.18. The number of amides is 1. The van der Waals surface area contributed by atoms with Gasteiger partial charge >= 0.3 is 0 Å². The second kappa shape index (κ2) is 8.13. The van der Waals surface area contributed by atoms with Crippen LogP contribution in [-0.2, 0) is 17.8 Å². The summed E-state index contributed by atoms with van der Waals surface area (Å²) >= 11 is 1.53. The molecular formula is C20H26N2O2S. The van der Waals surface area contributed by atoms with E-state index in [9.17, 15) is 4.79 Å². The summed E-state index contributed by atoms with van der Waals surface area (Å²) in [5.41, 5.74) is 2.45. The first-order valence-electron chi connectivity index (χ1n) is 8.80. The monoisotopic (exact) mass is 358 g/mol. The minimum atomic E-state index is 0.00141. The molecule has 134 valence electrons. The van der Waals surface area contributed by atoms with Crippen molar-refractivity contribution in [3.63, 3.8) is 0 Å². The number of benzene rings is 1. The highest BCUT2D eigenvalue weighted by Gasteiger charge is 2.22. The SMILES string of the molecule is Cc1ccc(C(=O)NCc2ccccc2CN2C[C@H](C)O[C@@H](C)C2)s1. The smallest absolute Gasteiger partial charge is 0.261 e. The zero-order valence-corrected chi connectivity index (χ0v) is 15.9. The van der Waals surface area contributed by atoms with Gasteiger partial charge in [0, 0.05) is 31.1 Å². The Morgan fingerprint density at radius 1 is 1.16 bits per heavy atom. The maximum atomic E-state index is 12.3. The average molecular weight is 359 g/mol. The van der Waals surface area contributed by atoms with Crippen molar-refractivity contribution >= 4 is 17.2 Å². The fraction of sp³-hybridized carbons (Fsp3) is 0.450. The summed E-state index contributed by atoms with van der Waals surface area (Å²) in [7, 11) is 0. The van der Waals surface area contributed by atoms with E-state index in [1.165, 1.54) is 22.5 Å². The molecule has 0 aliphatic carbocycles. The molecule has 0 radical (unpaired) electrons. The summed E-state index contributed by atoms with van der Waals surface area (Å²) in [4.78, 5) is 16.6. The molecule has 1 fully saturated rings. The van der Waals surface area contributed by atoms with E-state index in [1.807, 2.05) is 25.1 Å². The van der Waals surface area contributed by atoms with E-state index in [0.29, 0.717) is 6.54 Å². The van der Waals surface area contributed by atoms with Gasteiger partial charge < -0.3 is 10.1 Å². The summed E-state index contributed by atoms with van der Waals surface area (Å²) in [6, 6.07) is 12.2. The van der Waals surface area contributed by atoms with Crippen LogP contribution in [0.15, 0.2) is 36.4 Å². The fourth-order valence-corrected chi connectivity index (χ4v) is 4.14. The lowest BCUT2D eigenvalue weighted by molar-refractivity contribution is -0.0705. The first-order valence-corrected chi connectivity index (χ1v) is 9.62. The highest BCUT2D eigenvalue weighted by molar-refractivity contribution is 7.13. The number of nitrogens with one attached hydrogen (secondary N) is 1. The lowest BCUT2D eigenvalue weighted by atomic mass is 10.1. The quantitative estimate of drug-likeness (QED) is 0.888. The molecule has 0 unspecified atom stereocenters. The number of morpholine rings is 1. The third kappa shape index (κ3) is 4.91. The first kappa shape index (κ1) is 18.1. The topological polar surface area (TPSA) is 41.6 Å². The number of hydrogen-bond acceptors (Lipinski definition) is 4. The number of thiophene rings is 1. The van der Waals surface area contributed by atoms with Crippen LogP contribution in [0.4, 0.5) is 0 Å². The summed E-state index contributed by atoms with van der Waals surface area (Å²) in [6.07, 6.45) is 0.523. The molecule has 1 aromatic heterocycles. The lowest BCUT2D eigenvalue weighted by Gasteiger charge is -2.35. The van der Waals surface area contributed by atoms with Gasteiger partial charge in [0.1, 0.15) is 0 Å². The van der Waals surface area contributed by atoms with Crippen LogP contribution < -0.4 is 5.32 Å². The van der Waals surface area contributed by atoms with Crippen molar-refractivity contribution in [1.82, 2.24) is 10.2 Å². The van der Waals surface area contributed by atoms with Gasteiger partial charge in [0.2, 0.25) is 0 Å². The minimum absolute atomic E-state index is 0.00141. The molecule has 3 rings (SSSR count). The standard InChI is InChI=1S/C20H26N2O2S/c1-14-11-22(12-15(2)24-14)13-18-7-5-4-6-17(18)10-21-20(23)19-9-8-16(3)25-19/h4-9,14-15H,10-13H2,1-3H3,(H,21,23)/t14-,15-/m0/s1. The predicted octanol–water partition coefficient (Wildman–Crippen LogP) is 3.60. The van der Waals surface area contributed by atoms with E-state index >= 15 is 0 Å². The Morgan fingerprint density at radius 2 is 1.84 bits per heavy atom. The number of nitrogens with zero attached hydrogens (tertiary/aromatic N) is 1. The number of hydrogen-bond donors (Lipinski definition) is 1. The normalized spacial score (nSPS) is 21.2. The molecule has 5 heteroatoms. The third-order valence-electron chi connectivity index (χ3n) is 4.41. The molecule has 1 aliphatic rings. The van der Waals surface area contributed by atoms with Crippen LogP contribution in [0.5, 0.6) is 0 Å². The summed E-state index contributed by atoms with van der Waals surface area (Å²) in [6.45, 7) is 9.60. The Hall–Kier alpha value is -1.69. The molecule has 0 bridgehead atoms. The Bertz CT molecular complexity index is 718. The average Bonchev–Trinajstić information content (AvgIpc) is 2.99. The molecule has 0 spiro atoms. The van der Waals surface area contributed by atoms with Gasteiger partial charge in [-0.1, -0.05) is 24.3 Å². The predicted molar refractivity (Wildman–Crippen MR) is 102 cm³/mol. The van der Waals surface area contributed by atoms with Gasteiger partial charge in [-0.25, -0.2) is 0 Å². The largest absolute Gasteiger partial charge is 0.373 e. The molecule has 1 aliphatic heterocycles. The second-order valence-electron chi connectivity index (χ2n) is 6.81. The van der Waals surface area contributed by atoms with Gasteiger partial charge in [0.25, 0.3) is 5.91 Å². The molecule has 2 atom stereocenters. The van der Waals surface area contributed by atoms with Gasteiger partial charge in [-0.15, -0.1) is 11.3 Å². The van der Waals surface area contributed by atoms with Gasteiger partial charge in [0.15, 0.2) is 0 Å². The van der Waals surface area contributed by atoms with E-state index in [1.54, 1.807) is 0 Å². The summed E-state index contributed by atoms with van der Waals surface area (Å²) in [5, 5.41) is 3.05. The Morgan fingerprint density at radius 3 is 2.48 bits per heavy atom. The molecule has 2 aromatic rings. The van der Waals surface area contributed by atoms with Gasteiger partial charge in [-0.2, -0.15) is 0 Å². The number of carbonyl (C=O) groups excluding carboxylic acids is 1. The van der Waals surface area contributed by atoms with E-state index in [0.717, 1.165) is 29.4 Å². The van der Waals surface area contributed by atoms with Crippen LogP contribution >= 0.6 is 11.3 Å². The molecule has 0 saturated carbocycles. The zero-order valence-electron chi connectivity index (χ0n) is 15.1. The summed E-state index contributed by atoms with van der Waals surface area (Å²) in [5.74, 6) is 0.00141. The van der Waals surface area contributed by atoms with Crippen LogP contribution in [0.2, 0.25) is 0 Å². The second-order valence-corrected chi connectivity index (χ2v) is 8.10. The Labute approximate surface area is 153 Å². The summed E-state index contributed by atoms with van der Waals surface area (Å²) < 4.78 is 5.82. The number of rotatable bonds is 5. The van der Waals surface area contributed by atoms with Crippen LogP contribution in [0.3, 0.4) is 0 Å². The van der Waals surface area contributed by atoms with Gasteiger partial charge in [0.05, 0.1) is 17.1 Å². The Balaban J connectivity index is 1.63. The highest BCUT2D eigenvalue weighted by atomic mass is 32.1. The lowest BCUT2D eigenvalue weighted by Crippen LogP contribution is -2.45. The van der Waals surface area contributed by atoms with E-state index in [4.69, 9.17) is 4.74 Å². The van der Waals surface area contributed by atoms with Crippen molar-refractivity contribution in [2.24, 2.45) is 0 Å². The van der Waals surface area contributed by atoms with Crippen molar-refractivity contribution in [3.05, 3.63) is 57.3 Å². The maximum Gasteiger partial charge on any atom is 0.261 e. The van der Waals surface area contributed by atoms with Crippen molar-refractivity contribution < 1.29 is 9.53 Å². The Kier molecular flexibility index (Phi) is 5.89. The molecule has 1 amide bonds. The molecule has 1 N–H and O–H groups in total. The van der Waals surface area contributed by atoms with Crippen molar-refractivity contribution in [1.29, 1.82) is 0 Å². The molecule has 1 saturated heterocycles. The molecule has 2 heterocycles. The van der Waals surface area contributed by atoms with Crippen LogP contribution in [0.1, 0.15) is 39.5 Å². The van der Waals surface area contributed by atoms with Crippen LogP contribution in [-0.4, -0.2) is 36.1 Å². The van der Waals surface area contributed by atoms with E-state index in [2.05, 4.69) is 42.3 Å². The minimum Gasteiger partial charge on any atom is -0.373 e. The maximum absolute atomic E-state index is 12.3. The van der Waals surface area contributed by atoms with Crippen LogP contribution in [0.25, 0.3) is 0 Å². The molecule has 25 heavy (non-hydrogen) atoms. The van der Waals surface area contributed by atoms with Crippen molar-refractivity contribution in [2.75, 3.05) is 13.1 Å². The van der Waals surface area contributed by atoms with E-state index < -0.39 is 0 Å². The third-order valence-corrected chi connectivity index (χ3v) is 5.41. The van der Waals surface area contributed by atoms with Gasteiger partial charge in [-0.3, -0.25) is 9.69 Å². The van der Waals surface area contributed by atoms with Crippen molar-refractivity contribution in [3.8, 4) is 0 Å².